The first-order valence-electron chi connectivity index (χ1n) is 20.2. The lowest BCUT2D eigenvalue weighted by atomic mass is 9.63. The number of carbonyl (C=O) groups excluding carboxylic acids is 1. The molecule has 0 saturated heterocycles. The van der Waals surface area contributed by atoms with E-state index in [0.29, 0.717) is 31.4 Å². The fraction of sp³-hybridized carbons (Fsp3) is 0.548. The highest BCUT2D eigenvalue weighted by Gasteiger charge is 2.49. The van der Waals surface area contributed by atoms with Gasteiger partial charge in [0, 0.05) is 18.5 Å². The summed E-state index contributed by atoms with van der Waals surface area (Å²) in [6.07, 6.45) is 6.93. The van der Waals surface area contributed by atoms with Crippen LogP contribution in [0.25, 0.3) is 0 Å². The van der Waals surface area contributed by atoms with Crippen molar-refractivity contribution in [1.29, 1.82) is 0 Å². The minimum Gasteiger partial charge on any atom is -0.465 e. The Balaban J connectivity index is 0.00000203. The van der Waals surface area contributed by atoms with Gasteiger partial charge in [-0.2, -0.15) is 0 Å². The van der Waals surface area contributed by atoms with E-state index >= 15 is 0 Å². The number of hydrogen-bond acceptors (Lipinski definition) is 6. The van der Waals surface area contributed by atoms with E-state index in [1.165, 1.54) is 36.0 Å². The van der Waals surface area contributed by atoms with Gasteiger partial charge in [-0.05, 0) is 114 Å². The van der Waals surface area contributed by atoms with E-state index in [1.54, 1.807) is 0 Å². The van der Waals surface area contributed by atoms with Crippen LogP contribution < -0.4 is 0 Å². The van der Waals surface area contributed by atoms with Gasteiger partial charge in [-0.3, -0.25) is 4.79 Å². The molecule has 3 rings (SSSR count). The molecule has 0 aliphatic rings. The van der Waals surface area contributed by atoms with Crippen molar-refractivity contribution >= 4 is 83.4 Å². The van der Waals surface area contributed by atoms with Crippen LogP contribution in [0.3, 0.4) is 0 Å². The molecule has 0 aromatic heterocycles. The van der Waals surface area contributed by atoms with Crippen molar-refractivity contribution in [3.8, 4) is 0 Å². The molecule has 0 radical (unpaired) electrons. The van der Waals surface area contributed by atoms with Crippen molar-refractivity contribution in [2.45, 2.75) is 135 Å². The van der Waals surface area contributed by atoms with Crippen LogP contribution in [-0.2, 0) is 39.1 Å². The third-order valence-electron chi connectivity index (χ3n) is 9.08. The molecule has 0 fully saturated rings. The van der Waals surface area contributed by atoms with Crippen LogP contribution in [0.4, 0.5) is 0 Å². The maximum absolute atomic E-state index is 14.0. The molecule has 4 unspecified atom stereocenters. The van der Waals surface area contributed by atoms with Crippen molar-refractivity contribution in [1.82, 2.24) is 0 Å². The Morgan fingerprint density at radius 1 is 0.714 bits per heavy atom. The zero-order chi connectivity index (χ0) is 42.0. The van der Waals surface area contributed by atoms with Gasteiger partial charge in [-0.15, -0.1) is 0 Å². The second-order valence-electron chi connectivity index (χ2n) is 17.8. The Labute approximate surface area is 358 Å². The van der Waals surface area contributed by atoms with E-state index < -0.39 is 33.8 Å². The Morgan fingerprint density at radius 3 is 1.54 bits per heavy atom. The van der Waals surface area contributed by atoms with Crippen LogP contribution in [0, 0.1) is 5.92 Å². The monoisotopic (exact) mass is 924 g/mol. The summed E-state index contributed by atoms with van der Waals surface area (Å²) in [6, 6.07) is 33.3. The molecule has 0 heterocycles. The molecule has 0 aliphatic carbocycles. The fourth-order valence-corrected chi connectivity index (χ4v) is 21.9. The molecular formula is C42H72O5P4SSi4. The van der Waals surface area contributed by atoms with Gasteiger partial charge in [0.05, 0.1) is 12.5 Å². The predicted octanol–water partition coefficient (Wildman–Crippen LogP) is 14.6. The third kappa shape index (κ3) is 19.8. The molecule has 5 nitrogen and oxygen atoms in total. The first-order chi connectivity index (χ1) is 26.1. The third-order valence-corrected chi connectivity index (χ3v) is 28.7. The molecule has 312 valence electrons. The highest BCUT2D eigenvalue weighted by molar-refractivity contribution is 8.73. The maximum atomic E-state index is 14.0. The number of hydrogen-bond donors (Lipinski definition) is 0. The molecule has 3 aromatic carbocycles. The van der Waals surface area contributed by atoms with Crippen molar-refractivity contribution in [3.05, 3.63) is 108 Å². The Morgan fingerprint density at radius 2 is 1.14 bits per heavy atom. The van der Waals surface area contributed by atoms with Gasteiger partial charge >= 0.3 is 14.8 Å². The van der Waals surface area contributed by atoms with E-state index in [-0.39, 0.29) is 24.3 Å². The van der Waals surface area contributed by atoms with Crippen LogP contribution in [-0.4, -0.2) is 46.3 Å². The summed E-state index contributed by atoms with van der Waals surface area (Å²) in [5.41, 5.74) is 3.49. The zero-order valence-electron chi connectivity index (χ0n) is 36.2. The van der Waals surface area contributed by atoms with E-state index in [2.05, 4.69) is 187 Å². The minimum absolute atomic E-state index is 0.0221. The molecule has 0 N–H and O–H groups in total. The summed E-state index contributed by atoms with van der Waals surface area (Å²) in [6.45, 7) is 24.5. The van der Waals surface area contributed by atoms with Gasteiger partial charge in [0.1, 0.15) is 0 Å². The van der Waals surface area contributed by atoms with Gasteiger partial charge in [0.25, 0.3) is 0 Å². The van der Waals surface area contributed by atoms with E-state index in [0.717, 1.165) is 19.9 Å². The number of rotatable bonds is 23. The van der Waals surface area contributed by atoms with Gasteiger partial charge < -0.3 is 17.1 Å². The summed E-state index contributed by atoms with van der Waals surface area (Å²) in [5.74, 6) is -0.109. The summed E-state index contributed by atoms with van der Waals surface area (Å²) in [7, 11) is -2.59. The van der Waals surface area contributed by atoms with Crippen molar-refractivity contribution in [2.75, 3.05) is 6.61 Å². The number of unbranched alkanes of at least 4 members (excludes halogenated alkanes) is 2. The SMILES string of the molecule is CCCCCC(CC(CC(C)C(=O)OCCC[Si](O[Si](C)(C)C)(O[Si](C)(C)C)O[Si](C)(C)C)(c1ccccc1)c1ccccc1)c1ccccc1.PP(P)P=S. The van der Waals surface area contributed by atoms with Crippen LogP contribution in [0.5, 0.6) is 0 Å². The number of carbonyl (C=O) groups is 1. The highest BCUT2D eigenvalue weighted by Crippen LogP contribution is 2.63. The smallest absolute Gasteiger partial charge is 0.465 e. The van der Waals surface area contributed by atoms with Gasteiger partial charge in [-0.1, -0.05) is 154 Å². The number of esters is 1. The van der Waals surface area contributed by atoms with Crippen molar-refractivity contribution in [3.63, 3.8) is 0 Å². The summed E-state index contributed by atoms with van der Waals surface area (Å²) >= 11 is 4.64. The van der Waals surface area contributed by atoms with Crippen LogP contribution >= 0.6 is 31.9 Å². The standard InChI is InChI=1S/C42H68O5Si4.H4P4S/c1-12-13-17-27-38(37-25-18-14-19-26-37)35-42(39-28-20-15-21-29-39,40-30-22-16-23-31-40)34-36(2)41(43)44-32-24-33-51(45-48(3,4)5,46-49(6,7)8)47-50(9,10)11;1-4(2)3-5/h14-16,18-23,25-26,28-31,36,38H,12-13,17,24,27,32-35H2,1-11H3;1-2H2. The number of ether oxygens (including phenoxy) is 1. The minimum atomic E-state index is -3.00. The molecule has 0 saturated carbocycles. The molecule has 0 aliphatic heterocycles. The Bertz CT molecular complexity index is 1480. The van der Waals surface area contributed by atoms with Crippen LogP contribution in [0.2, 0.25) is 65.0 Å². The van der Waals surface area contributed by atoms with E-state index in [9.17, 15) is 4.79 Å². The lowest BCUT2D eigenvalue weighted by molar-refractivity contribution is -0.148. The lowest BCUT2D eigenvalue weighted by Crippen LogP contribution is -2.60. The van der Waals surface area contributed by atoms with E-state index in [1.807, 2.05) is 6.92 Å². The Kier molecular flexibility index (Phi) is 23.0. The molecular weight excluding hydrogens is 853 g/mol. The molecule has 0 spiro atoms. The summed E-state index contributed by atoms with van der Waals surface area (Å²) in [4.78, 5) is 14.0. The molecule has 56 heavy (non-hydrogen) atoms. The fourth-order valence-electron chi connectivity index (χ4n) is 7.23. The van der Waals surface area contributed by atoms with Crippen molar-refractivity contribution < 1.29 is 21.9 Å². The average molecular weight is 925 g/mol. The van der Waals surface area contributed by atoms with E-state index in [4.69, 9.17) is 17.1 Å². The second-order valence-corrected chi connectivity index (χ2v) is 46.8. The quantitative estimate of drug-likeness (QED) is 0.0409. The molecule has 0 amide bonds. The van der Waals surface area contributed by atoms with Gasteiger partial charge in [-0.25, -0.2) is 0 Å². The van der Waals surface area contributed by atoms with Gasteiger partial charge in [0.15, 0.2) is 25.0 Å². The molecule has 4 atom stereocenters. The van der Waals surface area contributed by atoms with Crippen LogP contribution in [0.1, 0.15) is 81.4 Å². The largest absolute Gasteiger partial charge is 0.469 e. The first-order valence-corrected chi connectivity index (χ1v) is 39.5. The normalized spacial score (nSPS) is 13.9. The average Bonchev–Trinajstić information content (AvgIpc) is 3.11. The summed E-state index contributed by atoms with van der Waals surface area (Å²) in [5, 5.41) is 0. The zero-order valence-corrected chi connectivity index (χ0v) is 45.1. The highest BCUT2D eigenvalue weighted by atomic mass is 32.9. The maximum Gasteiger partial charge on any atom is 0.469 e. The second kappa shape index (κ2) is 24.8. The molecule has 14 heteroatoms. The number of benzene rings is 3. The molecule has 3 aromatic rings. The topological polar surface area (TPSA) is 54.0 Å². The first kappa shape index (κ1) is 51.8. The lowest BCUT2D eigenvalue weighted by Gasteiger charge is -2.43. The molecule has 0 bridgehead atoms. The van der Waals surface area contributed by atoms with Gasteiger partial charge in [0.2, 0.25) is 0 Å². The predicted molar refractivity (Wildman–Crippen MR) is 265 cm³/mol. The summed E-state index contributed by atoms with van der Waals surface area (Å²) < 4.78 is 26.7. The van der Waals surface area contributed by atoms with Crippen molar-refractivity contribution in [2.24, 2.45) is 5.92 Å². The van der Waals surface area contributed by atoms with Crippen LogP contribution in [0.15, 0.2) is 91.0 Å². The Hall–Kier alpha value is -0.312.